The summed E-state index contributed by atoms with van der Waals surface area (Å²) in [5.41, 5.74) is 1.09. The van der Waals surface area contributed by atoms with Crippen molar-refractivity contribution in [1.82, 2.24) is 20.0 Å². The van der Waals surface area contributed by atoms with E-state index in [4.69, 9.17) is 0 Å². The molecule has 2 atom stereocenters. The number of nitrogens with one attached hydrogen (secondary N) is 1. The van der Waals surface area contributed by atoms with E-state index >= 15 is 0 Å². The molecule has 1 aliphatic heterocycles. The zero-order chi connectivity index (χ0) is 18.5. The lowest BCUT2D eigenvalue weighted by Gasteiger charge is -2.36. The van der Waals surface area contributed by atoms with E-state index in [1.54, 1.807) is 46.1 Å². The average molecular weight is 356 g/mol. The standard InChI is InChI=1S/C19H24N4O3/c1-2-11-23-16(8-10-20-23)19(26)22-12-9-15(17(24)13-22)21-18(25)14-6-4-3-5-7-14/h3-8,10,15,17,24H,2,9,11-13H2,1H3,(H,21,25). The molecular formula is C19H24N4O3. The van der Waals surface area contributed by atoms with Crippen LogP contribution in [0.2, 0.25) is 0 Å². The van der Waals surface area contributed by atoms with Crippen LogP contribution in [0.15, 0.2) is 42.6 Å². The molecule has 7 nitrogen and oxygen atoms in total. The van der Waals surface area contributed by atoms with Crippen molar-refractivity contribution in [2.45, 2.75) is 38.5 Å². The van der Waals surface area contributed by atoms with Crippen LogP contribution in [-0.2, 0) is 6.54 Å². The smallest absolute Gasteiger partial charge is 0.272 e. The highest BCUT2D eigenvalue weighted by molar-refractivity contribution is 5.94. The van der Waals surface area contributed by atoms with Gasteiger partial charge < -0.3 is 15.3 Å². The van der Waals surface area contributed by atoms with Crippen molar-refractivity contribution in [3.05, 3.63) is 53.9 Å². The normalized spacial score (nSPS) is 20.0. The maximum atomic E-state index is 12.7. The van der Waals surface area contributed by atoms with Gasteiger partial charge in [0.05, 0.1) is 12.1 Å². The van der Waals surface area contributed by atoms with Gasteiger partial charge >= 0.3 is 0 Å². The van der Waals surface area contributed by atoms with Gasteiger partial charge in [0, 0.05) is 31.4 Å². The van der Waals surface area contributed by atoms with E-state index in [1.807, 2.05) is 13.0 Å². The predicted molar refractivity (Wildman–Crippen MR) is 96.7 cm³/mol. The van der Waals surface area contributed by atoms with Gasteiger partial charge in [0.15, 0.2) is 0 Å². The van der Waals surface area contributed by atoms with Gasteiger partial charge in [0.2, 0.25) is 0 Å². The lowest BCUT2D eigenvalue weighted by Crippen LogP contribution is -2.55. The van der Waals surface area contributed by atoms with Crippen LogP contribution in [-0.4, -0.2) is 56.8 Å². The van der Waals surface area contributed by atoms with Crippen LogP contribution >= 0.6 is 0 Å². The van der Waals surface area contributed by atoms with Crippen molar-refractivity contribution >= 4 is 11.8 Å². The zero-order valence-electron chi connectivity index (χ0n) is 14.8. The monoisotopic (exact) mass is 356 g/mol. The molecule has 0 aliphatic carbocycles. The third-order valence-electron chi connectivity index (χ3n) is 4.59. The number of aliphatic hydroxyl groups is 1. The zero-order valence-corrected chi connectivity index (χ0v) is 14.8. The molecule has 0 saturated carbocycles. The van der Waals surface area contributed by atoms with Gasteiger partial charge in [-0.2, -0.15) is 5.10 Å². The van der Waals surface area contributed by atoms with Crippen LogP contribution in [0.25, 0.3) is 0 Å². The van der Waals surface area contributed by atoms with Crippen LogP contribution in [0.3, 0.4) is 0 Å². The number of hydrogen-bond donors (Lipinski definition) is 2. The first-order chi connectivity index (χ1) is 12.6. The number of benzene rings is 1. The Balaban J connectivity index is 1.60. The minimum absolute atomic E-state index is 0.136. The number of amides is 2. The number of piperidine rings is 1. The molecule has 0 spiro atoms. The molecule has 1 aliphatic rings. The van der Waals surface area contributed by atoms with Crippen molar-refractivity contribution < 1.29 is 14.7 Å². The van der Waals surface area contributed by atoms with E-state index in [9.17, 15) is 14.7 Å². The molecule has 1 fully saturated rings. The fraction of sp³-hybridized carbons (Fsp3) is 0.421. The third-order valence-corrected chi connectivity index (χ3v) is 4.59. The minimum atomic E-state index is -0.803. The molecular weight excluding hydrogens is 332 g/mol. The number of carbonyl (C=O) groups excluding carboxylic acids is 2. The molecule has 0 bridgehead atoms. The number of rotatable bonds is 5. The van der Waals surface area contributed by atoms with E-state index < -0.39 is 6.10 Å². The number of nitrogens with zero attached hydrogens (tertiary/aromatic N) is 3. The van der Waals surface area contributed by atoms with Gasteiger partial charge in [-0.05, 0) is 31.0 Å². The quantitative estimate of drug-likeness (QED) is 0.845. The van der Waals surface area contributed by atoms with Crippen molar-refractivity contribution in [3.63, 3.8) is 0 Å². The van der Waals surface area contributed by atoms with Crippen molar-refractivity contribution in [1.29, 1.82) is 0 Å². The lowest BCUT2D eigenvalue weighted by atomic mass is 10.0. The predicted octanol–water partition coefficient (Wildman–Crippen LogP) is 1.30. The molecule has 26 heavy (non-hydrogen) atoms. The molecule has 2 N–H and O–H groups in total. The van der Waals surface area contributed by atoms with Crippen molar-refractivity contribution in [3.8, 4) is 0 Å². The molecule has 2 amide bonds. The summed E-state index contributed by atoms with van der Waals surface area (Å²) in [5, 5.41) is 17.5. The Morgan fingerprint density at radius 3 is 2.73 bits per heavy atom. The van der Waals surface area contributed by atoms with Crippen LogP contribution in [0, 0.1) is 0 Å². The number of hydrogen-bond acceptors (Lipinski definition) is 4. The summed E-state index contributed by atoms with van der Waals surface area (Å²) >= 11 is 0. The number of β-amino-alcohol motifs (C(OH)–C–C–N with tert-alkyl or cyclic N) is 1. The Hall–Kier alpha value is -2.67. The third kappa shape index (κ3) is 3.94. The van der Waals surface area contributed by atoms with Gasteiger partial charge in [-0.15, -0.1) is 0 Å². The van der Waals surface area contributed by atoms with Crippen LogP contribution in [0.1, 0.15) is 40.6 Å². The Bertz CT molecular complexity index is 759. The van der Waals surface area contributed by atoms with Gasteiger partial charge in [-0.1, -0.05) is 25.1 Å². The molecule has 138 valence electrons. The summed E-state index contributed by atoms with van der Waals surface area (Å²) < 4.78 is 1.69. The van der Waals surface area contributed by atoms with E-state index in [0.29, 0.717) is 30.8 Å². The van der Waals surface area contributed by atoms with Crippen LogP contribution in [0.4, 0.5) is 0 Å². The first-order valence-corrected chi connectivity index (χ1v) is 8.95. The number of likely N-dealkylation sites (tertiary alicyclic amines) is 1. The van der Waals surface area contributed by atoms with Crippen molar-refractivity contribution in [2.24, 2.45) is 0 Å². The maximum Gasteiger partial charge on any atom is 0.272 e. The first-order valence-electron chi connectivity index (χ1n) is 8.95. The minimum Gasteiger partial charge on any atom is -0.389 e. The number of aliphatic hydroxyl groups excluding tert-OH is 1. The number of aromatic nitrogens is 2. The molecule has 1 aromatic carbocycles. The molecule has 7 heteroatoms. The van der Waals surface area contributed by atoms with E-state index in [0.717, 1.165) is 6.42 Å². The second-order valence-corrected chi connectivity index (χ2v) is 6.49. The molecule has 2 aromatic rings. The number of aryl methyl sites for hydroxylation is 1. The SMILES string of the molecule is CCCn1nccc1C(=O)N1CCC(NC(=O)c2ccccc2)C(O)C1. The summed E-state index contributed by atoms with van der Waals surface area (Å²) in [4.78, 5) is 26.6. The molecule has 1 saturated heterocycles. The second-order valence-electron chi connectivity index (χ2n) is 6.49. The summed E-state index contributed by atoms with van der Waals surface area (Å²) in [6.07, 6.45) is 2.21. The van der Waals surface area contributed by atoms with Gasteiger partial charge in [-0.3, -0.25) is 14.3 Å². The number of carbonyl (C=O) groups is 2. The second kappa shape index (κ2) is 8.14. The highest BCUT2D eigenvalue weighted by Crippen LogP contribution is 2.15. The van der Waals surface area contributed by atoms with Crippen LogP contribution in [0.5, 0.6) is 0 Å². The van der Waals surface area contributed by atoms with Gasteiger partial charge in [-0.25, -0.2) is 0 Å². The maximum absolute atomic E-state index is 12.7. The van der Waals surface area contributed by atoms with Gasteiger partial charge in [0.1, 0.15) is 5.69 Å². The van der Waals surface area contributed by atoms with Crippen LogP contribution < -0.4 is 5.32 Å². The molecule has 1 aromatic heterocycles. The van der Waals surface area contributed by atoms with E-state index in [-0.39, 0.29) is 24.4 Å². The fourth-order valence-corrected chi connectivity index (χ4v) is 3.19. The topological polar surface area (TPSA) is 87.5 Å². The highest BCUT2D eigenvalue weighted by Gasteiger charge is 2.32. The molecule has 2 unspecified atom stereocenters. The van der Waals surface area contributed by atoms with E-state index in [1.165, 1.54) is 0 Å². The summed E-state index contributed by atoms with van der Waals surface area (Å²) in [6.45, 7) is 3.38. The lowest BCUT2D eigenvalue weighted by molar-refractivity contribution is 0.0307. The Morgan fingerprint density at radius 1 is 1.27 bits per heavy atom. The Kier molecular flexibility index (Phi) is 5.68. The fourth-order valence-electron chi connectivity index (χ4n) is 3.19. The van der Waals surface area contributed by atoms with Crippen molar-refractivity contribution in [2.75, 3.05) is 13.1 Å². The highest BCUT2D eigenvalue weighted by atomic mass is 16.3. The summed E-state index contributed by atoms with van der Waals surface area (Å²) in [6, 6.07) is 10.2. The largest absolute Gasteiger partial charge is 0.389 e. The Morgan fingerprint density at radius 2 is 2.04 bits per heavy atom. The molecule has 2 heterocycles. The summed E-state index contributed by atoms with van der Waals surface area (Å²) in [5.74, 6) is -0.349. The molecule has 0 radical (unpaired) electrons. The van der Waals surface area contributed by atoms with Gasteiger partial charge in [0.25, 0.3) is 11.8 Å². The van der Waals surface area contributed by atoms with E-state index in [2.05, 4.69) is 10.4 Å². The first kappa shape index (κ1) is 18.1. The summed E-state index contributed by atoms with van der Waals surface area (Å²) in [7, 11) is 0. The average Bonchev–Trinajstić information content (AvgIpc) is 3.12. The Labute approximate surface area is 152 Å². The molecule has 3 rings (SSSR count).